The van der Waals surface area contributed by atoms with Gasteiger partial charge in [0.25, 0.3) is 0 Å². The van der Waals surface area contributed by atoms with Crippen LogP contribution >= 0.6 is 0 Å². The SMILES string of the molecule is CCN1CCN(C(C)(C)CNS(=O)(=O)CCc2cccc(OC)c2)CC1. The average Bonchev–Trinajstić information content (AvgIpc) is 2.65. The molecule has 0 saturated carbocycles. The molecule has 1 aromatic rings. The molecule has 0 amide bonds. The van der Waals surface area contributed by atoms with Gasteiger partial charge in [-0.2, -0.15) is 0 Å². The van der Waals surface area contributed by atoms with Crippen LogP contribution in [-0.4, -0.2) is 75.9 Å². The van der Waals surface area contributed by atoms with Crippen LogP contribution in [0.5, 0.6) is 5.75 Å². The highest BCUT2D eigenvalue weighted by atomic mass is 32.2. The quantitative estimate of drug-likeness (QED) is 0.701. The van der Waals surface area contributed by atoms with Crippen molar-refractivity contribution in [3.63, 3.8) is 0 Å². The summed E-state index contributed by atoms with van der Waals surface area (Å²) < 4.78 is 32.8. The molecule has 26 heavy (non-hydrogen) atoms. The Bertz CT molecular complexity index is 668. The predicted octanol–water partition coefficient (Wildman–Crippen LogP) is 1.57. The molecule has 6 nitrogen and oxygen atoms in total. The first kappa shape index (κ1) is 21.2. The number of ether oxygens (including phenoxy) is 1. The molecule has 0 radical (unpaired) electrons. The Hall–Kier alpha value is -1.15. The minimum atomic E-state index is -3.31. The van der Waals surface area contributed by atoms with E-state index in [1.165, 1.54) is 0 Å². The monoisotopic (exact) mass is 383 g/mol. The van der Waals surface area contributed by atoms with Crippen molar-refractivity contribution in [2.75, 3.05) is 52.1 Å². The number of benzene rings is 1. The third kappa shape index (κ3) is 6.23. The first-order chi connectivity index (χ1) is 12.3. The summed E-state index contributed by atoms with van der Waals surface area (Å²) >= 11 is 0. The summed E-state index contributed by atoms with van der Waals surface area (Å²) in [4.78, 5) is 4.80. The molecule has 0 unspecified atom stereocenters. The van der Waals surface area contributed by atoms with E-state index in [2.05, 4.69) is 35.3 Å². The van der Waals surface area contributed by atoms with Crippen molar-refractivity contribution in [1.82, 2.24) is 14.5 Å². The fourth-order valence-electron chi connectivity index (χ4n) is 3.22. The highest BCUT2D eigenvalue weighted by Crippen LogP contribution is 2.17. The van der Waals surface area contributed by atoms with Gasteiger partial charge in [-0.15, -0.1) is 0 Å². The minimum Gasteiger partial charge on any atom is -0.497 e. The number of likely N-dealkylation sites (N-methyl/N-ethyl adjacent to an activating group) is 1. The molecule has 0 bridgehead atoms. The van der Waals surface area contributed by atoms with Gasteiger partial charge in [-0.05, 0) is 44.5 Å². The van der Waals surface area contributed by atoms with Crippen molar-refractivity contribution in [1.29, 1.82) is 0 Å². The van der Waals surface area contributed by atoms with E-state index in [4.69, 9.17) is 4.74 Å². The maximum atomic E-state index is 12.4. The van der Waals surface area contributed by atoms with Crippen LogP contribution in [0.25, 0.3) is 0 Å². The highest BCUT2D eigenvalue weighted by molar-refractivity contribution is 7.89. The number of hydrogen-bond donors (Lipinski definition) is 1. The third-order valence-corrected chi connectivity index (χ3v) is 6.52. The molecule has 1 heterocycles. The van der Waals surface area contributed by atoms with Crippen LogP contribution in [-0.2, 0) is 16.4 Å². The van der Waals surface area contributed by atoms with Crippen LogP contribution in [0.2, 0.25) is 0 Å². The molecule has 1 fully saturated rings. The fourth-order valence-corrected chi connectivity index (χ4v) is 4.44. The molecule has 0 spiro atoms. The predicted molar refractivity (Wildman–Crippen MR) is 106 cm³/mol. The molecule has 148 valence electrons. The third-order valence-electron chi connectivity index (χ3n) is 5.19. The lowest BCUT2D eigenvalue weighted by Gasteiger charge is -2.44. The zero-order chi connectivity index (χ0) is 19.2. The van der Waals surface area contributed by atoms with Gasteiger partial charge in [0.2, 0.25) is 10.0 Å². The van der Waals surface area contributed by atoms with E-state index >= 15 is 0 Å². The lowest BCUT2D eigenvalue weighted by Crippen LogP contribution is -2.58. The second-order valence-electron chi connectivity index (χ2n) is 7.48. The van der Waals surface area contributed by atoms with Crippen molar-refractivity contribution in [3.05, 3.63) is 29.8 Å². The topological polar surface area (TPSA) is 61.9 Å². The number of sulfonamides is 1. The largest absolute Gasteiger partial charge is 0.497 e. The molecule has 7 heteroatoms. The van der Waals surface area contributed by atoms with E-state index in [0.717, 1.165) is 44.0 Å². The van der Waals surface area contributed by atoms with E-state index in [0.29, 0.717) is 13.0 Å². The summed E-state index contributed by atoms with van der Waals surface area (Å²) in [5.74, 6) is 0.833. The van der Waals surface area contributed by atoms with Gasteiger partial charge in [-0.3, -0.25) is 4.90 Å². The summed E-state index contributed by atoms with van der Waals surface area (Å²) in [6.45, 7) is 11.9. The smallest absolute Gasteiger partial charge is 0.211 e. The lowest BCUT2D eigenvalue weighted by atomic mass is 10.0. The summed E-state index contributed by atoms with van der Waals surface area (Å²) in [7, 11) is -1.70. The maximum Gasteiger partial charge on any atom is 0.211 e. The van der Waals surface area contributed by atoms with Crippen LogP contribution in [0.4, 0.5) is 0 Å². The molecule has 1 aliphatic rings. The molecule has 2 rings (SSSR count). The number of hydrogen-bond acceptors (Lipinski definition) is 5. The number of methoxy groups -OCH3 is 1. The number of nitrogens with zero attached hydrogens (tertiary/aromatic N) is 2. The van der Waals surface area contributed by atoms with Gasteiger partial charge < -0.3 is 9.64 Å². The molecule has 0 atom stereocenters. The van der Waals surface area contributed by atoms with Crippen LogP contribution in [0.1, 0.15) is 26.3 Å². The second kappa shape index (κ2) is 9.17. The van der Waals surface area contributed by atoms with E-state index in [1.807, 2.05) is 24.3 Å². The summed E-state index contributed by atoms with van der Waals surface area (Å²) in [5.41, 5.74) is 0.771. The van der Waals surface area contributed by atoms with Gasteiger partial charge in [0.05, 0.1) is 12.9 Å². The van der Waals surface area contributed by atoms with Crippen LogP contribution < -0.4 is 9.46 Å². The molecule has 0 aromatic heterocycles. The van der Waals surface area contributed by atoms with Gasteiger partial charge in [0.15, 0.2) is 0 Å². The number of nitrogens with one attached hydrogen (secondary N) is 1. The first-order valence-electron chi connectivity index (χ1n) is 9.33. The number of piperazine rings is 1. The Labute approximate surface area is 158 Å². The summed E-state index contributed by atoms with van der Waals surface area (Å²) in [6, 6.07) is 7.55. The molecule has 1 aromatic carbocycles. The van der Waals surface area contributed by atoms with E-state index in [9.17, 15) is 8.42 Å². The summed E-state index contributed by atoms with van der Waals surface area (Å²) in [5, 5.41) is 0. The molecular weight excluding hydrogens is 350 g/mol. The van der Waals surface area contributed by atoms with Crippen molar-refractivity contribution in [2.45, 2.75) is 32.7 Å². The molecular formula is C19H33N3O3S. The Morgan fingerprint density at radius 1 is 1.19 bits per heavy atom. The maximum absolute atomic E-state index is 12.4. The van der Waals surface area contributed by atoms with Crippen LogP contribution in [0, 0.1) is 0 Å². The number of aryl methyl sites for hydroxylation is 1. The Morgan fingerprint density at radius 2 is 1.88 bits per heavy atom. The minimum absolute atomic E-state index is 0.0832. The standard InChI is InChI=1S/C19H33N3O3S/c1-5-21-10-12-22(13-11-21)19(2,3)16-20-26(23,24)14-9-17-7-6-8-18(15-17)25-4/h6-8,15,20H,5,9-14,16H2,1-4H3. The molecule has 1 aliphatic heterocycles. The van der Waals surface area contributed by atoms with E-state index < -0.39 is 10.0 Å². The molecule has 0 aliphatic carbocycles. The van der Waals surface area contributed by atoms with Gasteiger partial charge >= 0.3 is 0 Å². The average molecular weight is 384 g/mol. The lowest BCUT2D eigenvalue weighted by molar-refractivity contribution is 0.0571. The van der Waals surface area contributed by atoms with E-state index in [1.54, 1.807) is 7.11 Å². The van der Waals surface area contributed by atoms with Crippen molar-refractivity contribution in [2.24, 2.45) is 0 Å². The van der Waals surface area contributed by atoms with Crippen molar-refractivity contribution in [3.8, 4) is 5.75 Å². The van der Waals surface area contributed by atoms with E-state index in [-0.39, 0.29) is 11.3 Å². The van der Waals surface area contributed by atoms with Gasteiger partial charge in [-0.25, -0.2) is 13.1 Å². The highest BCUT2D eigenvalue weighted by Gasteiger charge is 2.30. The zero-order valence-corrected chi connectivity index (χ0v) is 17.3. The van der Waals surface area contributed by atoms with Crippen molar-refractivity contribution >= 4 is 10.0 Å². The first-order valence-corrected chi connectivity index (χ1v) is 11.0. The fraction of sp³-hybridized carbons (Fsp3) is 0.684. The van der Waals surface area contributed by atoms with Gasteiger partial charge in [-0.1, -0.05) is 19.1 Å². The van der Waals surface area contributed by atoms with Gasteiger partial charge in [0, 0.05) is 38.3 Å². The van der Waals surface area contributed by atoms with Gasteiger partial charge in [0.1, 0.15) is 5.75 Å². The Balaban J connectivity index is 1.84. The van der Waals surface area contributed by atoms with Crippen LogP contribution in [0.3, 0.4) is 0 Å². The molecule has 1 N–H and O–H groups in total. The second-order valence-corrected chi connectivity index (χ2v) is 9.40. The Kier molecular flexibility index (Phi) is 7.46. The Morgan fingerprint density at radius 3 is 2.50 bits per heavy atom. The number of rotatable bonds is 9. The van der Waals surface area contributed by atoms with Crippen molar-refractivity contribution < 1.29 is 13.2 Å². The summed E-state index contributed by atoms with van der Waals surface area (Å²) in [6.07, 6.45) is 0.474. The zero-order valence-electron chi connectivity index (χ0n) is 16.5. The van der Waals surface area contributed by atoms with Crippen LogP contribution in [0.15, 0.2) is 24.3 Å². The normalized spacial score (nSPS) is 17.4. The molecule has 1 saturated heterocycles.